The summed E-state index contributed by atoms with van der Waals surface area (Å²) in [6.07, 6.45) is 0. The van der Waals surface area contributed by atoms with E-state index in [1.54, 1.807) is 48.2 Å². The summed E-state index contributed by atoms with van der Waals surface area (Å²) in [5.74, 6) is 0.486. The number of carbonyl (C=O) groups excluding carboxylic acids is 1. The zero-order valence-electron chi connectivity index (χ0n) is 14.6. The molecular formula is C18H20N2O5S. The fourth-order valence-corrected chi connectivity index (χ4v) is 4.05. The van der Waals surface area contributed by atoms with Crippen molar-refractivity contribution in [3.63, 3.8) is 0 Å². The molecule has 0 aromatic heterocycles. The molecule has 1 aliphatic rings. The number of ether oxygens (including phenoxy) is 2. The van der Waals surface area contributed by atoms with E-state index in [0.717, 1.165) is 0 Å². The Morgan fingerprint density at radius 3 is 2.50 bits per heavy atom. The number of morpholine rings is 1. The van der Waals surface area contributed by atoms with E-state index in [1.807, 2.05) is 0 Å². The molecule has 1 heterocycles. The number of aryl methyl sites for hydroxylation is 1. The third-order valence-corrected chi connectivity index (χ3v) is 5.63. The van der Waals surface area contributed by atoms with Crippen molar-refractivity contribution in [1.82, 2.24) is 0 Å². The predicted octanol–water partition coefficient (Wildman–Crippen LogP) is 2.17. The van der Waals surface area contributed by atoms with Crippen molar-refractivity contribution in [2.45, 2.75) is 11.8 Å². The zero-order valence-corrected chi connectivity index (χ0v) is 15.4. The van der Waals surface area contributed by atoms with E-state index in [-0.39, 0.29) is 17.4 Å². The molecule has 0 spiro atoms. The highest BCUT2D eigenvalue weighted by Crippen LogP contribution is 2.25. The van der Waals surface area contributed by atoms with Crippen molar-refractivity contribution in [3.8, 4) is 5.75 Å². The fourth-order valence-electron chi connectivity index (χ4n) is 2.76. The molecule has 1 aliphatic heterocycles. The number of amides is 1. The molecule has 26 heavy (non-hydrogen) atoms. The van der Waals surface area contributed by atoms with E-state index in [1.165, 1.54) is 13.2 Å². The lowest BCUT2D eigenvalue weighted by Crippen LogP contribution is -2.41. The molecule has 0 unspecified atom stereocenters. The number of hydrogen-bond donors (Lipinski definition) is 1. The van der Waals surface area contributed by atoms with Crippen LogP contribution in [-0.4, -0.2) is 41.2 Å². The lowest BCUT2D eigenvalue weighted by Gasteiger charge is -2.27. The Bertz CT molecular complexity index is 910. The fraction of sp³-hybridized carbons (Fsp3) is 0.278. The Hall–Kier alpha value is -2.58. The smallest absolute Gasteiger partial charge is 0.262 e. The number of hydrogen-bond acceptors (Lipinski definition) is 5. The molecule has 0 radical (unpaired) electrons. The van der Waals surface area contributed by atoms with Gasteiger partial charge in [0.2, 0.25) is 0 Å². The lowest BCUT2D eigenvalue weighted by atomic mass is 10.2. The number of nitrogens with zero attached hydrogens (tertiary/aromatic N) is 1. The number of sulfonamides is 1. The van der Waals surface area contributed by atoms with Crippen LogP contribution in [0.25, 0.3) is 0 Å². The molecule has 138 valence electrons. The molecule has 2 aromatic rings. The van der Waals surface area contributed by atoms with Crippen LogP contribution in [-0.2, 0) is 19.6 Å². The lowest BCUT2D eigenvalue weighted by molar-refractivity contribution is -0.125. The molecule has 1 N–H and O–H groups in total. The highest BCUT2D eigenvalue weighted by Gasteiger charge is 2.21. The quantitative estimate of drug-likeness (QED) is 0.864. The van der Waals surface area contributed by atoms with Crippen molar-refractivity contribution in [3.05, 3.63) is 48.0 Å². The normalized spacial score (nSPS) is 15.0. The Morgan fingerprint density at radius 1 is 1.15 bits per heavy atom. The van der Waals surface area contributed by atoms with Gasteiger partial charge in [0.15, 0.2) is 0 Å². The third-order valence-electron chi connectivity index (χ3n) is 4.09. The van der Waals surface area contributed by atoms with Gasteiger partial charge in [-0.3, -0.25) is 9.52 Å². The summed E-state index contributed by atoms with van der Waals surface area (Å²) >= 11 is 0. The van der Waals surface area contributed by atoms with Crippen molar-refractivity contribution in [2.75, 3.05) is 36.5 Å². The van der Waals surface area contributed by atoms with Gasteiger partial charge < -0.3 is 14.4 Å². The zero-order chi connectivity index (χ0) is 18.7. The van der Waals surface area contributed by atoms with Crippen molar-refractivity contribution in [2.24, 2.45) is 0 Å². The van der Waals surface area contributed by atoms with Gasteiger partial charge in [-0.25, -0.2) is 8.42 Å². The second-order valence-corrected chi connectivity index (χ2v) is 7.53. The molecule has 1 amide bonds. The summed E-state index contributed by atoms with van der Waals surface area (Å²) in [7, 11) is -2.19. The van der Waals surface area contributed by atoms with Crippen LogP contribution in [0.2, 0.25) is 0 Å². The van der Waals surface area contributed by atoms with Crippen molar-refractivity contribution >= 4 is 27.3 Å². The van der Waals surface area contributed by atoms with Gasteiger partial charge in [-0.05, 0) is 55.0 Å². The van der Waals surface area contributed by atoms with Crippen LogP contribution < -0.4 is 14.4 Å². The second-order valence-electron chi connectivity index (χ2n) is 5.88. The molecule has 2 aromatic carbocycles. The van der Waals surface area contributed by atoms with Gasteiger partial charge in [0, 0.05) is 17.9 Å². The highest BCUT2D eigenvalue weighted by molar-refractivity contribution is 7.92. The monoisotopic (exact) mass is 376 g/mol. The second kappa shape index (κ2) is 7.35. The molecule has 0 atom stereocenters. The number of rotatable bonds is 5. The summed E-state index contributed by atoms with van der Waals surface area (Å²) < 4.78 is 38.0. The maximum absolute atomic E-state index is 12.6. The average Bonchev–Trinajstić information content (AvgIpc) is 2.62. The molecule has 0 saturated carbocycles. The Kier molecular flexibility index (Phi) is 5.15. The van der Waals surface area contributed by atoms with Gasteiger partial charge in [-0.15, -0.1) is 0 Å². The topological polar surface area (TPSA) is 84.9 Å². The molecular weight excluding hydrogens is 356 g/mol. The van der Waals surface area contributed by atoms with Crippen LogP contribution in [0.1, 0.15) is 5.56 Å². The minimum atomic E-state index is -3.72. The van der Waals surface area contributed by atoms with Crippen LogP contribution in [0, 0.1) is 6.92 Å². The molecule has 7 nitrogen and oxygen atoms in total. The SMILES string of the molecule is COc1ccc(S(=O)(=O)Nc2ccc(N3CCOCC3=O)cc2)c(C)c1. The van der Waals surface area contributed by atoms with Gasteiger partial charge in [0.1, 0.15) is 12.4 Å². The maximum atomic E-state index is 12.6. The Balaban J connectivity index is 1.79. The van der Waals surface area contributed by atoms with E-state index in [2.05, 4.69) is 4.72 Å². The first-order valence-corrected chi connectivity index (χ1v) is 9.54. The van der Waals surface area contributed by atoms with E-state index in [4.69, 9.17) is 9.47 Å². The Labute approximate surface area is 152 Å². The minimum absolute atomic E-state index is 0.0606. The predicted molar refractivity (Wildman–Crippen MR) is 98.2 cm³/mol. The number of benzene rings is 2. The van der Waals surface area contributed by atoms with Gasteiger partial charge in [-0.1, -0.05) is 0 Å². The first kappa shape index (κ1) is 18.2. The maximum Gasteiger partial charge on any atom is 0.262 e. The van der Waals surface area contributed by atoms with Crippen molar-refractivity contribution in [1.29, 1.82) is 0 Å². The molecule has 8 heteroatoms. The summed E-state index contributed by atoms with van der Waals surface area (Å²) in [6.45, 7) is 2.74. The minimum Gasteiger partial charge on any atom is -0.497 e. The number of anilines is 2. The van der Waals surface area contributed by atoms with Gasteiger partial charge in [0.05, 0.1) is 18.6 Å². The van der Waals surface area contributed by atoms with Crippen LogP contribution in [0.5, 0.6) is 5.75 Å². The summed E-state index contributed by atoms with van der Waals surface area (Å²) in [6, 6.07) is 11.5. The molecule has 1 saturated heterocycles. The number of carbonyl (C=O) groups is 1. The van der Waals surface area contributed by atoms with Crippen LogP contribution in [0.3, 0.4) is 0 Å². The van der Waals surface area contributed by atoms with Crippen LogP contribution in [0.15, 0.2) is 47.4 Å². The largest absolute Gasteiger partial charge is 0.497 e. The van der Waals surface area contributed by atoms with E-state index in [0.29, 0.717) is 35.8 Å². The summed E-state index contributed by atoms with van der Waals surface area (Å²) in [4.78, 5) is 13.7. The molecule has 1 fully saturated rings. The van der Waals surface area contributed by atoms with E-state index >= 15 is 0 Å². The first-order chi connectivity index (χ1) is 12.4. The standard InChI is InChI=1S/C18H20N2O5S/c1-13-11-16(24-2)7-8-17(13)26(22,23)19-14-3-5-15(6-4-14)20-9-10-25-12-18(20)21/h3-8,11,19H,9-10,12H2,1-2H3. The van der Waals surface area contributed by atoms with E-state index < -0.39 is 10.0 Å². The van der Waals surface area contributed by atoms with Gasteiger partial charge >= 0.3 is 0 Å². The van der Waals surface area contributed by atoms with Gasteiger partial charge in [0.25, 0.3) is 15.9 Å². The molecule has 0 aliphatic carbocycles. The van der Waals surface area contributed by atoms with Crippen molar-refractivity contribution < 1.29 is 22.7 Å². The summed E-state index contributed by atoms with van der Waals surface area (Å²) in [5.41, 5.74) is 1.72. The highest BCUT2D eigenvalue weighted by atomic mass is 32.2. The third kappa shape index (κ3) is 3.81. The first-order valence-electron chi connectivity index (χ1n) is 8.06. The summed E-state index contributed by atoms with van der Waals surface area (Å²) in [5, 5.41) is 0. The van der Waals surface area contributed by atoms with E-state index in [9.17, 15) is 13.2 Å². The van der Waals surface area contributed by atoms with Crippen LogP contribution in [0.4, 0.5) is 11.4 Å². The number of nitrogens with one attached hydrogen (secondary N) is 1. The van der Waals surface area contributed by atoms with Crippen LogP contribution >= 0.6 is 0 Å². The Morgan fingerprint density at radius 2 is 1.88 bits per heavy atom. The molecule has 3 rings (SSSR count). The molecule has 0 bridgehead atoms. The number of methoxy groups -OCH3 is 1. The van der Waals surface area contributed by atoms with Gasteiger partial charge in [-0.2, -0.15) is 0 Å². The average molecular weight is 376 g/mol.